The molecule has 0 bridgehead atoms. The molecule has 2 aliphatic rings. The summed E-state index contributed by atoms with van der Waals surface area (Å²) in [5.74, 6) is 1.23. The third-order valence-corrected chi connectivity index (χ3v) is 5.47. The summed E-state index contributed by atoms with van der Waals surface area (Å²) in [5, 5.41) is 4.41. The molecule has 0 aromatic carbocycles. The van der Waals surface area contributed by atoms with Crippen LogP contribution in [0.3, 0.4) is 0 Å². The molecule has 1 aliphatic heterocycles. The van der Waals surface area contributed by atoms with Crippen molar-refractivity contribution in [3.8, 4) is 0 Å². The van der Waals surface area contributed by atoms with Crippen LogP contribution in [0.2, 0.25) is 0 Å². The van der Waals surface area contributed by atoms with E-state index < -0.39 is 0 Å². The molecule has 1 saturated carbocycles. The van der Waals surface area contributed by atoms with Gasteiger partial charge in [0.15, 0.2) is 0 Å². The third-order valence-electron chi connectivity index (χ3n) is 5.47. The second kappa shape index (κ2) is 6.42. The number of carbonyl (C=O) groups excluding carboxylic acids is 1. The van der Waals surface area contributed by atoms with Crippen LogP contribution < -0.4 is 0 Å². The fourth-order valence-electron chi connectivity index (χ4n) is 3.89. The number of carbonyl (C=O) groups is 1. The average Bonchev–Trinajstić information content (AvgIpc) is 3.25. The van der Waals surface area contributed by atoms with E-state index in [1.54, 1.807) is 6.20 Å². The van der Waals surface area contributed by atoms with Gasteiger partial charge in [0.05, 0.1) is 12.1 Å². The summed E-state index contributed by atoms with van der Waals surface area (Å²) in [6.07, 6.45) is 12.2. The van der Waals surface area contributed by atoms with Crippen molar-refractivity contribution in [1.82, 2.24) is 24.2 Å². The van der Waals surface area contributed by atoms with E-state index in [9.17, 15) is 4.79 Å². The van der Waals surface area contributed by atoms with E-state index >= 15 is 0 Å². The van der Waals surface area contributed by atoms with Gasteiger partial charge in [-0.2, -0.15) is 5.10 Å². The van der Waals surface area contributed by atoms with Gasteiger partial charge in [-0.05, 0) is 38.2 Å². The lowest BCUT2D eigenvalue weighted by Gasteiger charge is -2.30. The normalized spacial score (nSPS) is 21.2. The summed E-state index contributed by atoms with van der Waals surface area (Å²) in [5.41, 5.74) is 0.757. The maximum atomic E-state index is 13.1. The zero-order valence-electron chi connectivity index (χ0n) is 14.3. The van der Waals surface area contributed by atoms with Crippen molar-refractivity contribution >= 4 is 5.91 Å². The molecule has 3 heterocycles. The van der Waals surface area contributed by atoms with Crippen molar-refractivity contribution in [2.24, 2.45) is 0 Å². The van der Waals surface area contributed by atoms with Gasteiger partial charge in [0, 0.05) is 38.1 Å². The lowest BCUT2D eigenvalue weighted by atomic mass is 9.93. The van der Waals surface area contributed by atoms with E-state index in [1.165, 1.54) is 6.42 Å². The molecule has 2 aromatic heterocycles. The monoisotopic (exact) mass is 327 g/mol. The van der Waals surface area contributed by atoms with Crippen LogP contribution in [0.15, 0.2) is 24.7 Å². The minimum Gasteiger partial charge on any atom is -0.333 e. The molecule has 1 amide bonds. The Labute approximate surface area is 142 Å². The maximum Gasteiger partial charge on any atom is 0.272 e. The summed E-state index contributed by atoms with van der Waals surface area (Å²) >= 11 is 0. The number of hydrogen-bond acceptors (Lipinski definition) is 3. The summed E-state index contributed by atoms with van der Waals surface area (Å²) in [6, 6.07) is 2.55. The Morgan fingerprint density at radius 1 is 1.25 bits per heavy atom. The first-order valence-electron chi connectivity index (χ1n) is 9.12. The molecule has 1 saturated heterocycles. The van der Waals surface area contributed by atoms with Crippen LogP contribution in [0, 0.1) is 0 Å². The van der Waals surface area contributed by atoms with E-state index in [0.717, 1.165) is 56.7 Å². The molecule has 0 radical (unpaired) electrons. The van der Waals surface area contributed by atoms with Crippen molar-refractivity contribution in [3.05, 3.63) is 36.2 Å². The largest absolute Gasteiger partial charge is 0.333 e. The molecule has 24 heavy (non-hydrogen) atoms. The second-order valence-corrected chi connectivity index (χ2v) is 6.89. The van der Waals surface area contributed by atoms with Crippen molar-refractivity contribution in [2.75, 3.05) is 6.54 Å². The van der Waals surface area contributed by atoms with Gasteiger partial charge < -0.3 is 9.47 Å². The van der Waals surface area contributed by atoms with E-state index in [2.05, 4.69) is 21.6 Å². The highest BCUT2D eigenvalue weighted by Crippen LogP contribution is 2.32. The van der Waals surface area contributed by atoms with E-state index in [4.69, 9.17) is 0 Å². The van der Waals surface area contributed by atoms with Crippen molar-refractivity contribution in [2.45, 2.75) is 64.1 Å². The molecular formula is C18H25N5O. The molecule has 0 spiro atoms. The molecule has 1 aliphatic carbocycles. The van der Waals surface area contributed by atoms with Crippen LogP contribution in [-0.2, 0) is 13.0 Å². The van der Waals surface area contributed by atoms with Crippen LogP contribution in [0.4, 0.5) is 0 Å². The highest BCUT2D eigenvalue weighted by atomic mass is 16.2. The van der Waals surface area contributed by atoms with Crippen molar-refractivity contribution < 1.29 is 4.79 Å². The van der Waals surface area contributed by atoms with Crippen LogP contribution in [-0.4, -0.2) is 42.7 Å². The van der Waals surface area contributed by atoms with Gasteiger partial charge in [0.25, 0.3) is 5.91 Å². The van der Waals surface area contributed by atoms with Crippen molar-refractivity contribution in [3.63, 3.8) is 0 Å². The van der Waals surface area contributed by atoms with Gasteiger partial charge in [-0.25, -0.2) is 4.98 Å². The fraction of sp³-hybridized carbons (Fsp3) is 0.611. The van der Waals surface area contributed by atoms with Crippen LogP contribution in [0.5, 0.6) is 0 Å². The van der Waals surface area contributed by atoms with Crippen molar-refractivity contribution in [1.29, 1.82) is 0 Å². The van der Waals surface area contributed by atoms with Crippen LogP contribution >= 0.6 is 0 Å². The molecule has 4 rings (SSSR count). The molecule has 0 unspecified atom stereocenters. The number of aryl methyl sites for hydroxylation is 1. The number of hydrogen-bond donors (Lipinski definition) is 0. The average molecular weight is 327 g/mol. The standard InChI is InChI=1S/C18H25N5O/c1-2-17-19-10-12-21(17)13-15-7-4-11-22(15)18(24)16-8-9-20-23(16)14-5-3-6-14/h8-10,12,14-15H,2-7,11,13H2,1H3/t15-/m1/s1. The SMILES string of the molecule is CCc1nccn1C[C@H]1CCCN1C(=O)c1ccnn1C1CCC1. The minimum atomic E-state index is 0.139. The maximum absolute atomic E-state index is 13.1. The highest BCUT2D eigenvalue weighted by Gasteiger charge is 2.33. The fourth-order valence-corrected chi connectivity index (χ4v) is 3.89. The summed E-state index contributed by atoms with van der Waals surface area (Å²) in [4.78, 5) is 19.6. The Morgan fingerprint density at radius 3 is 2.88 bits per heavy atom. The predicted molar refractivity (Wildman–Crippen MR) is 90.8 cm³/mol. The zero-order chi connectivity index (χ0) is 16.5. The van der Waals surface area contributed by atoms with Gasteiger partial charge >= 0.3 is 0 Å². The lowest BCUT2D eigenvalue weighted by Crippen LogP contribution is -2.39. The Bertz CT molecular complexity index is 715. The molecule has 1 atom stereocenters. The first-order valence-corrected chi connectivity index (χ1v) is 9.12. The minimum absolute atomic E-state index is 0.139. The molecule has 6 heteroatoms. The number of amides is 1. The molecule has 2 aromatic rings. The first kappa shape index (κ1) is 15.4. The van der Waals surface area contributed by atoms with Gasteiger partial charge in [0.2, 0.25) is 0 Å². The molecule has 128 valence electrons. The Kier molecular flexibility index (Phi) is 4.12. The molecular weight excluding hydrogens is 302 g/mol. The highest BCUT2D eigenvalue weighted by molar-refractivity contribution is 5.93. The van der Waals surface area contributed by atoms with Gasteiger partial charge in [-0.15, -0.1) is 0 Å². The lowest BCUT2D eigenvalue weighted by molar-refractivity contribution is 0.0703. The Morgan fingerprint density at radius 2 is 2.12 bits per heavy atom. The quantitative estimate of drug-likeness (QED) is 0.848. The van der Waals surface area contributed by atoms with E-state index in [1.807, 2.05) is 28.0 Å². The molecule has 6 nitrogen and oxygen atoms in total. The molecule has 0 N–H and O–H groups in total. The molecule has 2 fully saturated rings. The summed E-state index contributed by atoms with van der Waals surface area (Å²) in [7, 11) is 0. The number of aromatic nitrogens is 4. The first-order chi connectivity index (χ1) is 11.8. The van der Waals surface area contributed by atoms with Crippen LogP contribution in [0.25, 0.3) is 0 Å². The smallest absolute Gasteiger partial charge is 0.272 e. The van der Waals surface area contributed by atoms with Crippen LogP contribution in [0.1, 0.15) is 61.4 Å². The topological polar surface area (TPSA) is 56.0 Å². The Hall–Kier alpha value is -2.11. The zero-order valence-corrected chi connectivity index (χ0v) is 14.3. The summed E-state index contributed by atoms with van der Waals surface area (Å²) < 4.78 is 4.15. The number of rotatable bonds is 5. The van der Waals surface area contributed by atoms with E-state index in [-0.39, 0.29) is 11.9 Å². The van der Waals surface area contributed by atoms with Gasteiger partial charge in [-0.1, -0.05) is 6.92 Å². The second-order valence-electron chi connectivity index (χ2n) is 6.89. The number of likely N-dealkylation sites (tertiary alicyclic amines) is 1. The van der Waals surface area contributed by atoms with Gasteiger partial charge in [0.1, 0.15) is 11.5 Å². The summed E-state index contributed by atoms with van der Waals surface area (Å²) in [6.45, 7) is 3.80. The third kappa shape index (κ3) is 2.64. The predicted octanol–water partition coefficient (Wildman–Crippen LogP) is 2.67. The Balaban J connectivity index is 1.52. The van der Waals surface area contributed by atoms with Gasteiger partial charge in [-0.3, -0.25) is 9.48 Å². The number of nitrogens with zero attached hydrogens (tertiary/aromatic N) is 5. The van der Waals surface area contributed by atoms with E-state index in [0.29, 0.717) is 6.04 Å². The number of imidazole rings is 1.